The van der Waals surface area contributed by atoms with E-state index in [0.717, 1.165) is 11.1 Å². The third-order valence-electron chi connectivity index (χ3n) is 2.99. The van der Waals surface area contributed by atoms with Crippen LogP contribution < -0.4 is 0 Å². The largest absolute Gasteiger partial charge is 0.482 e. The van der Waals surface area contributed by atoms with Crippen molar-refractivity contribution < 1.29 is 35.9 Å². The number of benzene rings is 1. The average molecular weight is 528 g/mol. The summed E-state index contributed by atoms with van der Waals surface area (Å²) in [5.41, 5.74) is 9.95. The maximum atomic E-state index is 12.0. The van der Waals surface area contributed by atoms with Gasteiger partial charge >= 0.3 is 0 Å². The van der Waals surface area contributed by atoms with E-state index in [1.807, 2.05) is 30.3 Å². The van der Waals surface area contributed by atoms with Crippen molar-refractivity contribution in [2.24, 2.45) is 4.99 Å². The average Bonchev–Trinajstić information content (AvgIpc) is 3.04. The molecule has 112 valence electrons. The first-order valence-corrected chi connectivity index (χ1v) is 6.59. The van der Waals surface area contributed by atoms with Crippen LogP contribution in [0.2, 0.25) is 0 Å². The van der Waals surface area contributed by atoms with Gasteiger partial charge in [0.15, 0.2) is 0 Å². The number of nitrogens with zero attached hydrogens (tertiary/aromatic N) is 3. The monoisotopic (exact) mass is 528 g/mol. The molecule has 0 aliphatic rings. The van der Waals surface area contributed by atoms with Crippen LogP contribution in [0.3, 0.4) is 0 Å². The molecule has 2 heterocycles. The van der Waals surface area contributed by atoms with Gasteiger partial charge in [0.25, 0.3) is 5.91 Å². The fourth-order valence-corrected chi connectivity index (χ4v) is 1.91. The topological polar surface area (TPSA) is 94.8 Å². The molecule has 1 aromatic carbocycles. The zero-order valence-corrected chi connectivity index (χ0v) is 16.2. The number of nitrogens with one attached hydrogen (secondary N) is 2. The van der Waals surface area contributed by atoms with Gasteiger partial charge in [-0.2, -0.15) is 5.10 Å². The molecule has 0 bridgehead atoms. The first-order valence-electron chi connectivity index (χ1n) is 6.59. The third-order valence-corrected chi connectivity index (χ3v) is 2.99. The van der Waals surface area contributed by atoms with Gasteiger partial charge in [0, 0.05) is 42.9 Å². The number of aliphatic imine (C=N–C) groups is 1. The number of carbonyl (C=O) groups excluding carboxylic acids is 1. The van der Waals surface area contributed by atoms with Crippen LogP contribution in [0.4, 0.5) is 5.82 Å². The first kappa shape index (κ1) is 17.1. The molecule has 2 N–H and O–H groups in total. The van der Waals surface area contributed by atoms with Crippen molar-refractivity contribution in [2.75, 3.05) is 0 Å². The summed E-state index contributed by atoms with van der Waals surface area (Å²) >= 11 is 0. The molecule has 0 fully saturated rings. The van der Waals surface area contributed by atoms with Crippen molar-refractivity contribution in [2.45, 2.75) is 0 Å². The zero-order chi connectivity index (χ0) is 15.4. The Labute approximate surface area is 156 Å². The van der Waals surface area contributed by atoms with Crippen LogP contribution in [-0.2, 0) is 0 Å². The molecule has 7 heteroatoms. The maximum Gasteiger partial charge on any atom is 0.294 e. The van der Waals surface area contributed by atoms with E-state index in [1.165, 1.54) is 12.4 Å². The fraction of sp³-hybridized carbons (Fsp3) is 0. The number of hydrogen-bond acceptors (Lipinski definition) is 3. The second kappa shape index (κ2) is 7.86. The van der Waals surface area contributed by atoms with E-state index in [-0.39, 0.29) is 36.9 Å². The molecule has 6 nitrogen and oxygen atoms in total. The van der Waals surface area contributed by atoms with Crippen molar-refractivity contribution in [3.05, 3.63) is 71.7 Å². The Kier molecular flexibility index (Phi) is 5.85. The van der Waals surface area contributed by atoms with Crippen molar-refractivity contribution in [3.63, 3.8) is 0 Å². The van der Waals surface area contributed by atoms with Crippen LogP contribution in [0.5, 0.6) is 0 Å². The fourth-order valence-electron chi connectivity index (χ4n) is 1.91. The summed E-state index contributed by atoms with van der Waals surface area (Å²) < 4.78 is 0. The Morgan fingerprint density at radius 2 is 1.96 bits per heavy atom. The Morgan fingerprint density at radius 1 is 1.17 bits per heavy atom. The molecule has 23 heavy (non-hydrogen) atoms. The van der Waals surface area contributed by atoms with Gasteiger partial charge in [-0.15, -0.1) is 0 Å². The molecule has 0 aliphatic heterocycles. The predicted molar refractivity (Wildman–Crippen MR) is 84.2 cm³/mol. The number of aromatic nitrogens is 3. The number of H-pyrrole nitrogens is 1. The normalized spacial score (nSPS) is 10.4. The summed E-state index contributed by atoms with van der Waals surface area (Å²) in [6.45, 7) is 0. The molecule has 0 spiro atoms. The molecule has 0 saturated carbocycles. The van der Waals surface area contributed by atoms with Crippen LogP contribution in [0.25, 0.3) is 17.0 Å². The Bertz CT molecular complexity index is 829. The summed E-state index contributed by atoms with van der Waals surface area (Å²) in [5, 5.41) is 6.74. The summed E-state index contributed by atoms with van der Waals surface area (Å²) in [4.78, 5) is 19.7. The van der Waals surface area contributed by atoms with E-state index >= 15 is 0 Å². The second-order valence-electron chi connectivity index (χ2n) is 4.57. The Morgan fingerprint density at radius 3 is 2.70 bits per heavy atom. The van der Waals surface area contributed by atoms with Gasteiger partial charge < -0.3 is 10.7 Å². The molecule has 3 rings (SSSR count). The number of hydrogen-bond donors (Lipinski definition) is 1. The van der Waals surface area contributed by atoms with Gasteiger partial charge in [-0.25, -0.2) is 4.99 Å². The molecule has 1 amide bonds. The smallest absolute Gasteiger partial charge is 0.294 e. The zero-order valence-electron chi connectivity index (χ0n) is 12.0. The number of pyridine rings is 1. The van der Waals surface area contributed by atoms with E-state index in [0.29, 0.717) is 11.4 Å². The van der Waals surface area contributed by atoms with Crippen LogP contribution in [0, 0.1) is 31.1 Å². The minimum absolute atomic E-state index is 0. The maximum absolute atomic E-state index is 12.0. The van der Waals surface area contributed by atoms with Crippen molar-refractivity contribution in [3.8, 4) is 11.3 Å². The van der Waals surface area contributed by atoms with Crippen molar-refractivity contribution >= 4 is 17.9 Å². The Balaban J connectivity index is 0.00000192. The molecule has 0 atom stereocenters. The molecular weight excluding hydrogens is 516 g/mol. The molecular formula is C16H12N5OU-. The second-order valence-corrected chi connectivity index (χ2v) is 4.57. The molecule has 3 aromatic rings. The summed E-state index contributed by atoms with van der Waals surface area (Å²) in [7, 11) is 0. The molecule has 0 radical (unpaired) electrons. The minimum atomic E-state index is -0.400. The van der Waals surface area contributed by atoms with Crippen molar-refractivity contribution in [1.82, 2.24) is 15.2 Å². The van der Waals surface area contributed by atoms with Crippen molar-refractivity contribution in [1.29, 1.82) is 0 Å². The molecule has 2 aromatic heterocycles. The molecule has 0 unspecified atom stereocenters. The van der Waals surface area contributed by atoms with E-state index in [9.17, 15) is 4.79 Å². The summed E-state index contributed by atoms with van der Waals surface area (Å²) in [6.07, 6.45) is 3.04. The van der Waals surface area contributed by atoms with Crippen LogP contribution in [0.1, 0.15) is 16.1 Å². The quantitative estimate of drug-likeness (QED) is 0.528. The van der Waals surface area contributed by atoms with E-state index in [1.54, 1.807) is 18.2 Å². The van der Waals surface area contributed by atoms with Gasteiger partial charge in [-0.1, -0.05) is 54.5 Å². The third kappa shape index (κ3) is 4.38. The van der Waals surface area contributed by atoms with Gasteiger partial charge in [-0.3, -0.25) is 9.89 Å². The van der Waals surface area contributed by atoms with Crippen LogP contribution in [0.15, 0.2) is 59.7 Å². The molecule has 0 saturated heterocycles. The van der Waals surface area contributed by atoms with Gasteiger partial charge in [0.2, 0.25) is 0 Å². The first-order chi connectivity index (χ1) is 10.7. The van der Waals surface area contributed by atoms with E-state index in [2.05, 4.69) is 20.2 Å². The van der Waals surface area contributed by atoms with E-state index in [4.69, 9.17) is 5.73 Å². The number of aromatic amines is 1. The summed E-state index contributed by atoms with van der Waals surface area (Å²) in [6, 6.07) is 14.3. The Hall–Kier alpha value is -2.23. The van der Waals surface area contributed by atoms with Gasteiger partial charge in [-0.05, 0) is 11.6 Å². The van der Waals surface area contributed by atoms with Crippen LogP contribution >= 0.6 is 0 Å². The van der Waals surface area contributed by atoms with E-state index < -0.39 is 5.91 Å². The summed E-state index contributed by atoms with van der Waals surface area (Å²) in [5.74, 6) is -0.252. The minimum Gasteiger partial charge on any atom is -0.482 e. The van der Waals surface area contributed by atoms with Gasteiger partial charge in [0.05, 0.1) is 5.69 Å². The SMILES string of the molecule is [NH-]c1cc(-c2cc(C(=O)N=Cc3ccccc3)[nH]n2)ccn1.[U]. The number of carbonyl (C=O) groups is 1. The number of amides is 1. The standard InChI is InChI=1S/C16H13N5O.U/c17-15-8-12(6-7-18-15)13-9-14(21-20-13)16(22)19-10-11-4-2-1-3-5-11;/h1-10H,(H3,17,18,20,21,22);/p-1. The number of rotatable bonds is 3. The van der Waals surface area contributed by atoms with Crippen LogP contribution in [-0.4, -0.2) is 27.3 Å². The molecule has 0 aliphatic carbocycles. The van der Waals surface area contributed by atoms with Gasteiger partial charge in [0.1, 0.15) is 5.69 Å². The predicted octanol–water partition coefficient (Wildman–Crippen LogP) is 3.41.